The number of rotatable bonds is 1. The molecule has 0 aliphatic carbocycles. The first-order chi connectivity index (χ1) is 7.51. The van der Waals surface area contributed by atoms with Crippen LogP contribution in [0.25, 0.3) is 0 Å². The Morgan fingerprint density at radius 3 is 2.88 bits per heavy atom. The van der Waals surface area contributed by atoms with Crippen LogP contribution in [-0.4, -0.2) is 11.6 Å². The maximum absolute atomic E-state index is 13.7. The second-order valence-corrected chi connectivity index (χ2v) is 5.42. The predicted molar refractivity (Wildman–Crippen MR) is 66.9 cm³/mol. The topological polar surface area (TPSA) is 64.4 Å². The normalized spacial score (nSPS) is 25.2. The fourth-order valence-corrected chi connectivity index (χ4v) is 2.96. The lowest BCUT2D eigenvalue weighted by Gasteiger charge is -2.29. The maximum Gasteiger partial charge on any atom is 0.133 e. The van der Waals surface area contributed by atoms with Crippen LogP contribution in [0.2, 0.25) is 0 Å². The molecule has 1 atom stereocenters. The first kappa shape index (κ1) is 11.3. The van der Waals surface area contributed by atoms with E-state index in [1.54, 1.807) is 23.9 Å². The summed E-state index contributed by atoms with van der Waals surface area (Å²) in [5, 5.41) is 0. The van der Waals surface area contributed by atoms with E-state index < -0.39 is 4.87 Å². The van der Waals surface area contributed by atoms with Crippen molar-refractivity contribution in [1.82, 2.24) is 0 Å². The lowest BCUT2D eigenvalue weighted by atomic mass is 10.1. The second kappa shape index (κ2) is 3.97. The molecule has 0 bridgehead atoms. The Labute approximate surface area is 98.1 Å². The summed E-state index contributed by atoms with van der Waals surface area (Å²) in [5.41, 5.74) is 12.4. The third-order valence-electron chi connectivity index (χ3n) is 2.59. The molecular weight excluding hydrogens is 225 g/mol. The Morgan fingerprint density at radius 1 is 1.44 bits per heavy atom. The highest BCUT2D eigenvalue weighted by atomic mass is 32.2. The lowest BCUT2D eigenvalue weighted by Crippen LogP contribution is -2.28. The van der Waals surface area contributed by atoms with Gasteiger partial charge in [-0.15, -0.1) is 11.8 Å². The van der Waals surface area contributed by atoms with Crippen molar-refractivity contribution in [1.29, 1.82) is 0 Å². The average Bonchev–Trinajstić information content (AvgIpc) is 2.21. The van der Waals surface area contributed by atoms with Gasteiger partial charge in [-0.1, -0.05) is 0 Å². The molecule has 1 aromatic rings. The van der Waals surface area contributed by atoms with Crippen LogP contribution >= 0.6 is 11.8 Å². The predicted octanol–water partition coefficient (Wildman–Crippen LogP) is 2.07. The van der Waals surface area contributed by atoms with Gasteiger partial charge in [0, 0.05) is 23.4 Å². The van der Waals surface area contributed by atoms with Crippen molar-refractivity contribution in [3.8, 4) is 0 Å². The van der Waals surface area contributed by atoms with Crippen molar-refractivity contribution in [3.63, 3.8) is 0 Å². The molecule has 0 spiro atoms. The summed E-state index contributed by atoms with van der Waals surface area (Å²) >= 11 is 1.58. The van der Waals surface area contributed by atoms with Crippen molar-refractivity contribution in [2.75, 3.05) is 11.5 Å². The smallest absolute Gasteiger partial charge is 0.133 e. The Kier molecular flexibility index (Phi) is 2.80. The van der Waals surface area contributed by atoms with E-state index >= 15 is 0 Å². The molecule has 86 valence electrons. The van der Waals surface area contributed by atoms with E-state index in [0.717, 1.165) is 12.2 Å². The Bertz CT molecular complexity index is 447. The summed E-state index contributed by atoms with van der Waals surface area (Å²) in [6.07, 6.45) is 0.754. The van der Waals surface area contributed by atoms with Crippen molar-refractivity contribution in [2.24, 2.45) is 10.7 Å². The minimum absolute atomic E-state index is 0.289. The first-order valence-corrected chi connectivity index (χ1v) is 6.03. The van der Waals surface area contributed by atoms with Gasteiger partial charge in [-0.05, 0) is 25.1 Å². The molecule has 16 heavy (non-hydrogen) atoms. The minimum atomic E-state index is -0.651. The van der Waals surface area contributed by atoms with Gasteiger partial charge >= 0.3 is 0 Å². The Balaban J connectivity index is 2.50. The van der Waals surface area contributed by atoms with E-state index in [1.807, 2.05) is 6.92 Å². The van der Waals surface area contributed by atoms with Crippen molar-refractivity contribution >= 4 is 23.3 Å². The number of thioether (sulfide) groups is 1. The van der Waals surface area contributed by atoms with Gasteiger partial charge in [0.05, 0.1) is 5.84 Å². The van der Waals surface area contributed by atoms with E-state index in [0.29, 0.717) is 17.1 Å². The molecule has 0 radical (unpaired) electrons. The maximum atomic E-state index is 13.7. The molecule has 3 nitrogen and oxygen atoms in total. The number of amidine groups is 1. The zero-order valence-corrected chi connectivity index (χ0v) is 9.85. The summed E-state index contributed by atoms with van der Waals surface area (Å²) in [5.74, 6) is 1.13. The van der Waals surface area contributed by atoms with Crippen LogP contribution < -0.4 is 11.5 Å². The molecule has 1 unspecified atom stereocenters. The van der Waals surface area contributed by atoms with Crippen LogP contribution in [0, 0.1) is 5.82 Å². The fraction of sp³-hybridized carbons (Fsp3) is 0.364. The van der Waals surface area contributed by atoms with Crippen LogP contribution in [-0.2, 0) is 4.87 Å². The Morgan fingerprint density at radius 2 is 2.19 bits per heavy atom. The number of benzene rings is 1. The summed E-state index contributed by atoms with van der Waals surface area (Å²) in [6, 6.07) is 4.55. The van der Waals surface area contributed by atoms with Crippen LogP contribution in [0.3, 0.4) is 0 Å². The number of nitrogens with zero attached hydrogens (tertiary/aromatic N) is 1. The third kappa shape index (κ3) is 2.00. The second-order valence-electron chi connectivity index (χ2n) is 3.92. The molecular formula is C11H14FN3S. The van der Waals surface area contributed by atoms with E-state index in [1.165, 1.54) is 6.07 Å². The van der Waals surface area contributed by atoms with Crippen molar-refractivity contribution < 1.29 is 4.39 Å². The van der Waals surface area contributed by atoms with Gasteiger partial charge in [0.1, 0.15) is 10.7 Å². The molecule has 0 fully saturated rings. The van der Waals surface area contributed by atoms with Crippen LogP contribution in [0.4, 0.5) is 10.1 Å². The molecule has 0 aromatic heterocycles. The molecule has 1 aromatic carbocycles. The van der Waals surface area contributed by atoms with Gasteiger partial charge in [0.25, 0.3) is 0 Å². The fourth-order valence-electron chi connectivity index (χ4n) is 1.75. The highest BCUT2D eigenvalue weighted by molar-refractivity contribution is 8.00. The third-order valence-corrected chi connectivity index (χ3v) is 3.87. The van der Waals surface area contributed by atoms with Gasteiger partial charge in [-0.2, -0.15) is 0 Å². The molecule has 2 rings (SSSR count). The summed E-state index contributed by atoms with van der Waals surface area (Å²) in [7, 11) is 0. The number of anilines is 1. The van der Waals surface area contributed by atoms with Crippen LogP contribution in [0.5, 0.6) is 0 Å². The van der Waals surface area contributed by atoms with E-state index in [9.17, 15) is 4.39 Å². The molecule has 0 saturated carbocycles. The monoisotopic (exact) mass is 239 g/mol. The van der Waals surface area contributed by atoms with Crippen LogP contribution in [0.15, 0.2) is 23.2 Å². The van der Waals surface area contributed by atoms with E-state index in [-0.39, 0.29) is 5.82 Å². The zero-order chi connectivity index (χ0) is 11.8. The number of aliphatic imine (C=N–C) groups is 1. The van der Waals surface area contributed by atoms with Crippen molar-refractivity contribution in [2.45, 2.75) is 18.2 Å². The van der Waals surface area contributed by atoms with Crippen molar-refractivity contribution in [3.05, 3.63) is 29.6 Å². The number of hydrogen-bond donors (Lipinski definition) is 2. The van der Waals surface area contributed by atoms with E-state index in [2.05, 4.69) is 4.99 Å². The minimum Gasteiger partial charge on any atom is -0.399 e. The molecule has 1 heterocycles. The molecule has 1 aliphatic rings. The van der Waals surface area contributed by atoms with Gasteiger partial charge in [0.2, 0.25) is 0 Å². The van der Waals surface area contributed by atoms with Gasteiger partial charge in [-0.3, -0.25) is 4.99 Å². The summed E-state index contributed by atoms with van der Waals surface area (Å²) in [6.45, 7) is 1.86. The van der Waals surface area contributed by atoms with Crippen LogP contribution in [0.1, 0.15) is 18.9 Å². The van der Waals surface area contributed by atoms with Gasteiger partial charge in [0.15, 0.2) is 0 Å². The summed E-state index contributed by atoms with van der Waals surface area (Å²) in [4.78, 5) is 3.70. The van der Waals surface area contributed by atoms with Gasteiger partial charge in [-0.25, -0.2) is 4.39 Å². The number of nitrogen functional groups attached to an aromatic ring is 1. The standard InChI is InChI=1S/C11H14FN3S/c1-11(15-10(14)4-5-16-11)8-6-7(13)2-3-9(8)12/h2-3,6H,4-5,13H2,1H3,(H2,14,15). The molecule has 4 N–H and O–H groups in total. The quantitative estimate of drug-likeness (QED) is 0.737. The number of nitrogens with two attached hydrogens (primary N) is 2. The number of halogens is 1. The highest BCUT2D eigenvalue weighted by Crippen LogP contribution is 2.42. The Hall–Kier alpha value is -1.23. The SMILES string of the molecule is CC1(c2cc(N)ccc2F)N=C(N)CCS1. The molecule has 1 aliphatic heterocycles. The van der Waals surface area contributed by atoms with E-state index in [4.69, 9.17) is 11.5 Å². The largest absolute Gasteiger partial charge is 0.399 e. The average molecular weight is 239 g/mol. The molecule has 5 heteroatoms. The molecule has 0 saturated heterocycles. The lowest BCUT2D eigenvalue weighted by molar-refractivity contribution is 0.578. The number of hydrogen-bond acceptors (Lipinski definition) is 4. The first-order valence-electron chi connectivity index (χ1n) is 5.05. The molecule has 0 amide bonds. The zero-order valence-electron chi connectivity index (χ0n) is 9.03. The summed E-state index contributed by atoms with van der Waals surface area (Å²) < 4.78 is 13.7. The highest BCUT2D eigenvalue weighted by Gasteiger charge is 2.32. The van der Waals surface area contributed by atoms with Gasteiger partial charge < -0.3 is 11.5 Å².